The summed E-state index contributed by atoms with van der Waals surface area (Å²) in [7, 11) is -4.58. The van der Waals surface area contributed by atoms with Crippen LogP contribution in [0.3, 0.4) is 0 Å². The summed E-state index contributed by atoms with van der Waals surface area (Å²) >= 11 is 0. The van der Waals surface area contributed by atoms with Crippen molar-refractivity contribution in [3.63, 3.8) is 0 Å². The van der Waals surface area contributed by atoms with E-state index in [1.54, 1.807) is 12.1 Å². The van der Waals surface area contributed by atoms with E-state index in [2.05, 4.69) is 4.52 Å². The summed E-state index contributed by atoms with van der Waals surface area (Å²) in [5, 5.41) is 0. The Morgan fingerprint density at radius 3 is 2.11 bits per heavy atom. The average Bonchev–Trinajstić information content (AvgIpc) is 2.53. The minimum atomic E-state index is -4.58. The Kier molecular flexibility index (Phi) is 3.32. The number of benzene rings is 1. The van der Waals surface area contributed by atoms with Crippen molar-refractivity contribution in [3.05, 3.63) is 35.4 Å². The maximum absolute atomic E-state index is 11.8. The van der Waals surface area contributed by atoms with E-state index in [0.717, 1.165) is 4.90 Å². The van der Waals surface area contributed by atoms with Gasteiger partial charge in [-0.3, -0.25) is 19.0 Å². The highest BCUT2D eigenvalue weighted by atomic mass is 31.2. The predicted octanol–water partition coefficient (Wildman–Crippen LogP) is 0.884. The zero-order valence-corrected chi connectivity index (χ0v) is 10.0. The third-order valence-corrected chi connectivity index (χ3v) is 2.97. The first-order valence-corrected chi connectivity index (χ1v) is 6.58. The fraction of sp³-hybridized carbons (Fsp3) is 0.200. The number of fused-ring (bicyclic) bond motifs is 1. The number of phosphoric ester groups is 1. The van der Waals surface area contributed by atoms with Gasteiger partial charge in [0, 0.05) is 2.85 Å². The number of hydrogen-bond donors (Lipinski definition) is 2. The molecule has 0 radical (unpaired) electrons. The number of carbonyl (C=O) groups excluding carboxylic acids is 2. The van der Waals surface area contributed by atoms with Crippen molar-refractivity contribution in [1.82, 2.24) is 4.90 Å². The monoisotopic (exact) mass is 275 g/mol. The molecule has 1 aliphatic rings. The van der Waals surface area contributed by atoms with Crippen molar-refractivity contribution in [3.8, 4) is 0 Å². The quantitative estimate of drug-likeness (QED) is 0.624. The second-order valence-corrected chi connectivity index (χ2v) is 4.87. The molecule has 1 aromatic rings. The molecule has 0 fully saturated rings. The number of phosphoric acid groups is 1. The van der Waals surface area contributed by atoms with Crippen LogP contribution in [0.5, 0.6) is 0 Å². The maximum atomic E-state index is 11.8. The van der Waals surface area contributed by atoms with Gasteiger partial charge in [0.05, 0.1) is 24.3 Å². The lowest BCUT2D eigenvalue weighted by molar-refractivity contribution is 0.0617. The van der Waals surface area contributed by atoms with Crippen molar-refractivity contribution < 1.29 is 31.3 Å². The van der Waals surface area contributed by atoms with Gasteiger partial charge in [0.1, 0.15) is 0 Å². The Hall–Kier alpha value is -1.53. The van der Waals surface area contributed by atoms with Gasteiger partial charge < -0.3 is 9.79 Å². The summed E-state index contributed by atoms with van der Waals surface area (Å²) in [6.07, 6.45) is 0. The fourth-order valence-corrected chi connectivity index (χ4v) is 2.01. The summed E-state index contributed by atoms with van der Waals surface area (Å²) in [6.45, 7) is -0.604. The van der Waals surface area contributed by atoms with E-state index in [0.29, 0.717) is 11.1 Å². The summed E-state index contributed by atoms with van der Waals surface area (Å²) in [4.78, 5) is 41.5. The molecule has 7 nitrogen and oxygen atoms in total. The van der Waals surface area contributed by atoms with Crippen LogP contribution in [0, 0.1) is 0 Å². The molecule has 2 N–H and O–H groups in total. The van der Waals surface area contributed by atoms with Gasteiger partial charge in [0.25, 0.3) is 11.8 Å². The van der Waals surface area contributed by atoms with E-state index in [4.69, 9.17) is 9.79 Å². The lowest BCUT2D eigenvalue weighted by atomic mass is 10.1. The highest BCUT2D eigenvalue weighted by molar-refractivity contribution is 7.46. The van der Waals surface area contributed by atoms with E-state index in [-0.39, 0.29) is 9.40 Å². The largest absolute Gasteiger partial charge is 0.469 e. The topological polar surface area (TPSA) is 104 Å². The molecule has 100 valence electrons. The Labute approximate surface area is 105 Å². The van der Waals surface area contributed by atoms with Crippen molar-refractivity contribution in [2.75, 3.05) is 13.2 Å². The van der Waals surface area contributed by atoms with E-state index in [9.17, 15) is 14.2 Å². The van der Waals surface area contributed by atoms with Crippen LogP contribution in [0.1, 0.15) is 23.6 Å². The minimum absolute atomic E-state index is 0. The predicted molar refractivity (Wildman–Crippen MR) is 64.0 cm³/mol. The summed E-state index contributed by atoms with van der Waals surface area (Å²) in [6, 6.07) is 6.33. The number of imide groups is 1. The van der Waals surface area contributed by atoms with Gasteiger partial charge >= 0.3 is 7.82 Å². The summed E-state index contributed by atoms with van der Waals surface area (Å²) < 4.78 is 14.7. The molecular formula is C10H14NO6P. The molecule has 0 atom stereocenters. The number of rotatable bonds is 4. The van der Waals surface area contributed by atoms with E-state index >= 15 is 0 Å². The van der Waals surface area contributed by atoms with Gasteiger partial charge in [-0.05, 0) is 12.1 Å². The molecule has 0 aliphatic carbocycles. The van der Waals surface area contributed by atoms with Crippen molar-refractivity contribution in [2.24, 2.45) is 0 Å². The van der Waals surface area contributed by atoms with E-state index in [1.807, 2.05) is 0 Å². The number of nitrogens with zero attached hydrogens (tertiary/aromatic N) is 1. The molecule has 0 saturated heterocycles. The highest BCUT2D eigenvalue weighted by Crippen LogP contribution is 2.35. The van der Waals surface area contributed by atoms with Crippen molar-refractivity contribution >= 4 is 19.6 Å². The SMILES string of the molecule is O=C1c2ccccc2C(=O)N1CCOP(=O)(O)O.[HH].[HH]. The zero-order chi connectivity index (χ0) is 13.3. The summed E-state index contributed by atoms with van der Waals surface area (Å²) in [5.41, 5.74) is 0.581. The molecule has 0 bridgehead atoms. The lowest BCUT2D eigenvalue weighted by Crippen LogP contribution is -2.32. The molecule has 0 aromatic heterocycles. The van der Waals surface area contributed by atoms with Crippen LogP contribution in [-0.2, 0) is 9.09 Å². The van der Waals surface area contributed by atoms with Crippen LogP contribution in [-0.4, -0.2) is 39.7 Å². The van der Waals surface area contributed by atoms with E-state index in [1.165, 1.54) is 12.1 Å². The molecule has 0 spiro atoms. The zero-order valence-electron chi connectivity index (χ0n) is 9.15. The Morgan fingerprint density at radius 1 is 1.17 bits per heavy atom. The normalized spacial score (nSPS) is 15.1. The second kappa shape index (κ2) is 4.62. The molecule has 1 aromatic carbocycles. The summed E-state index contributed by atoms with van der Waals surface area (Å²) in [5.74, 6) is -0.963. The molecule has 1 aliphatic heterocycles. The van der Waals surface area contributed by atoms with Crippen LogP contribution < -0.4 is 0 Å². The molecule has 2 amide bonds. The van der Waals surface area contributed by atoms with Crippen molar-refractivity contribution in [2.45, 2.75) is 0 Å². The van der Waals surface area contributed by atoms with Gasteiger partial charge in [-0.25, -0.2) is 4.57 Å². The van der Waals surface area contributed by atoms with Crippen LogP contribution in [0.15, 0.2) is 24.3 Å². The molecule has 2 rings (SSSR count). The first-order valence-electron chi connectivity index (χ1n) is 5.05. The Balaban J connectivity index is 0.00000180. The van der Waals surface area contributed by atoms with Gasteiger partial charge in [-0.15, -0.1) is 0 Å². The Morgan fingerprint density at radius 2 is 1.67 bits per heavy atom. The van der Waals surface area contributed by atoms with Gasteiger partial charge in [-0.2, -0.15) is 0 Å². The van der Waals surface area contributed by atoms with Gasteiger partial charge in [0.15, 0.2) is 0 Å². The number of carbonyl (C=O) groups is 2. The van der Waals surface area contributed by atoms with Crippen molar-refractivity contribution in [1.29, 1.82) is 0 Å². The van der Waals surface area contributed by atoms with Crippen LogP contribution in [0.25, 0.3) is 0 Å². The van der Waals surface area contributed by atoms with Gasteiger partial charge in [0.2, 0.25) is 0 Å². The third-order valence-electron chi connectivity index (χ3n) is 2.45. The third kappa shape index (κ3) is 2.49. The van der Waals surface area contributed by atoms with Gasteiger partial charge in [-0.1, -0.05) is 12.1 Å². The fourth-order valence-electron chi connectivity index (χ4n) is 1.69. The molecule has 8 heteroatoms. The first kappa shape index (κ1) is 12.9. The number of amides is 2. The molecule has 18 heavy (non-hydrogen) atoms. The average molecular weight is 275 g/mol. The molecule has 0 unspecified atom stereocenters. The molecular weight excluding hydrogens is 261 g/mol. The second-order valence-electron chi connectivity index (χ2n) is 3.63. The van der Waals surface area contributed by atoms with Crippen LogP contribution in [0.4, 0.5) is 0 Å². The standard InChI is InChI=1S/C10H10NO6P.2H2/c12-9-7-3-1-2-4-8(7)10(13)11(9)5-6-17-18(14,15)16;;/h1-4H,5-6H2,(H2,14,15,16);2*1H. The maximum Gasteiger partial charge on any atom is 0.469 e. The minimum Gasteiger partial charge on any atom is -0.303 e. The molecule has 1 heterocycles. The number of hydrogen-bond acceptors (Lipinski definition) is 4. The van der Waals surface area contributed by atoms with Crippen LogP contribution >= 0.6 is 7.82 Å². The first-order chi connectivity index (χ1) is 8.40. The van der Waals surface area contributed by atoms with E-state index < -0.39 is 26.2 Å². The highest BCUT2D eigenvalue weighted by Gasteiger charge is 2.35. The van der Waals surface area contributed by atoms with Crippen LogP contribution in [0.2, 0.25) is 0 Å². The molecule has 0 saturated carbocycles. The smallest absolute Gasteiger partial charge is 0.303 e. The Bertz CT molecular complexity index is 525. The lowest BCUT2D eigenvalue weighted by Gasteiger charge is -2.13.